The van der Waals surface area contributed by atoms with E-state index in [1.165, 1.54) is 0 Å². The summed E-state index contributed by atoms with van der Waals surface area (Å²) in [5.74, 6) is -9.18. The number of unbranched alkanes of at least 4 members (excludes halogenated alkanes) is 1. The minimum absolute atomic E-state index is 0.105. The molecule has 0 bridgehead atoms. The summed E-state index contributed by atoms with van der Waals surface area (Å²) in [5, 5.41) is 7.99. The molecule has 22 heavy (non-hydrogen) atoms. The largest absolute Gasteiger partial charge is 0.453 e. The van der Waals surface area contributed by atoms with Gasteiger partial charge in [0.25, 0.3) is 0 Å². The molecule has 0 unspecified atom stereocenters. The van der Waals surface area contributed by atoms with E-state index in [4.69, 9.17) is 5.11 Å². The zero-order valence-corrected chi connectivity index (χ0v) is 11.5. The third kappa shape index (κ3) is 8.64. The van der Waals surface area contributed by atoms with Crippen LogP contribution in [-0.2, 0) is 0 Å². The van der Waals surface area contributed by atoms with Gasteiger partial charge in [-0.25, -0.2) is 0 Å². The lowest BCUT2D eigenvalue weighted by atomic mass is 10.1. The summed E-state index contributed by atoms with van der Waals surface area (Å²) in [6.45, 7) is 0.901. The number of hydrogen-bond acceptors (Lipinski definition) is 1. The SMILES string of the molecule is CCCCC(F)(F)C(F)(F)F.OCCCC(F)(F)C(F)(F)F. The minimum Gasteiger partial charge on any atom is -0.396 e. The van der Waals surface area contributed by atoms with E-state index in [9.17, 15) is 43.9 Å². The van der Waals surface area contributed by atoms with E-state index < -0.39 is 50.1 Å². The molecule has 0 aromatic rings. The Hall–Kier alpha value is -0.740. The van der Waals surface area contributed by atoms with Gasteiger partial charge in [0.2, 0.25) is 0 Å². The molecule has 0 aromatic carbocycles. The lowest BCUT2D eigenvalue weighted by molar-refractivity contribution is -0.284. The number of rotatable bonds is 6. The van der Waals surface area contributed by atoms with Crippen LogP contribution in [0.2, 0.25) is 0 Å². The van der Waals surface area contributed by atoms with Crippen LogP contribution in [0.5, 0.6) is 0 Å². The van der Waals surface area contributed by atoms with Crippen LogP contribution in [-0.4, -0.2) is 35.9 Å². The molecule has 0 atom stereocenters. The van der Waals surface area contributed by atoms with Crippen molar-refractivity contribution in [3.05, 3.63) is 0 Å². The van der Waals surface area contributed by atoms with Crippen molar-refractivity contribution in [2.45, 2.75) is 63.2 Å². The Kier molecular flexibility index (Phi) is 9.39. The first-order valence-corrected chi connectivity index (χ1v) is 6.12. The molecule has 11 heteroatoms. The van der Waals surface area contributed by atoms with E-state index in [0.29, 0.717) is 6.42 Å². The van der Waals surface area contributed by atoms with Crippen LogP contribution in [0.4, 0.5) is 43.9 Å². The van der Waals surface area contributed by atoms with Gasteiger partial charge in [0.1, 0.15) is 0 Å². The van der Waals surface area contributed by atoms with Gasteiger partial charge in [0.05, 0.1) is 0 Å². The molecule has 0 saturated heterocycles. The predicted molar refractivity (Wildman–Crippen MR) is 57.8 cm³/mol. The summed E-state index contributed by atoms with van der Waals surface area (Å²) >= 11 is 0. The summed E-state index contributed by atoms with van der Waals surface area (Å²) in [6, 6.07) is 0. The summed E-state index contributed by atoms with van der Waals surface area (Å²) in [6.07, 6.45) is -13.7. The maximum Gasteiger partial charge on any atom is 0.453 e. The molecule has 0 aliphatic rings. The van der Waals surface area contributed by atoms with Crippen molar-refractivity contribution in [1.82, 2.24) is 0 Å². The molecule has 0 heterocycles. The lowest BCUT2D eigenvalue weighted by Crippen LogP contribution is -2.36. The number of hydrogen-bond donors (Lipinski definition) is 1. The molecule has 136 valence electrons. The second-order valence-corrected chi connectivity index (χ2v) is 4.34. The summed E-state index contributed by atoms with van der Waals surface area (Å²) in [7, 11) is 0. The van der Waals surface area contributed by atoms with Crippen molar-refractivity contribution in [3.8, 4) is 0 Å². The summed E-state index contributed by atoms with van der Waals surface area (Å²) in [4.78, 5) is 0. The molecule has 0 aliphatic heterocycles. The van der Waals surface area contributed by atoms with Crippen LogP contribution >= 0.6 is 0 Å². The van der Waals surface area contributed by atoms with Crippen molar-refractivity contribution in [3.63, 3.8) is 0 Å². The standard InChI is InChI=1S/C6H9F5.C5H7F5O/c1-2-3-4-5(7,8)6(9,10)11;6-4(7,2-1-3-11)5(8,9)10/h2-4H2,1H3;11H,1-3H2. The third-order valence-electron chi connectivity index (χ3n) is 2.32. The molecule has 1 N–H and O–H groups in total. The second-order valence-electron chi connectivity index (χ2n) is 4.34. The first kappa shape index (κ1) is 23.5. The molecule has 0 saturated carbocycles. The van der Waals surface area contributed by atoms with Gasteiger partial charge < -0.3 is 5.11 Å². The van der Waals surface area contributed by atoms with Gasteiger partial charge in [0, 0.05) is 19.4 Å². The Morgan fingerprint density at radius 3 is 1.18 bits per heavy atom. The van der Waals surface area contributed by atoms with E-state index in [1.54, 1.807) is 6.92 Å². The van der Waals surface area contributed by atoms with Crippen molar-refractivity contribution in [1.29, 1.82) is 0 Å². The van der Waals surface area contributed by atoms with Crippen LogP contribution in [0.15, 0.2) is 0 Å². The number of aliphatic hydroxyl groups excluding tert-OH is 1. The summed E-state index contributed by atoms with van der Waals surface area (Å²) < 4.78 is 116. The zero-order chi connectivity index (χ0) is 18.2. The van der Waals surface area contributed by atoms with E-state index in [1.807, 2.05) is 0 Å². The first-order chi connectivity index (χ1) is 9.62. The Bertz CT molecular complexity index is 264. The molecule has 1 nitrogen and oxygen atoms in total. The topological polar surface area (TPSA) is 20.2 Å². The quantitative estimate of drug-likeness (QED) is 0.639. The smallest absolute Gasteiger partial charge is 0.396 e. The molecule has 0 aliphatic carbocycles. The van der Waals surface area contributed by atoms with Gasteiger partial charge in [-0.1, -0.05) is 13.3 Å². The molecule has 0 radical (unpaired) electrons. The molecule has 0 aromatic heterocycles. The number of alkyl halides is 10. The normalized spacial score (nSPS) is 13.6. The van der Waals surface area contributed by atoms with Crippen LogP contribution in [0.25, 0.3) is 0 Å². The molecule has 0 rings (SSSR count). The predicted octanol–water partition coefficient (Wildman–Crippen LogP) is 5.33. The highest BCUT2D eigenvalue weighted by Gasteiger charge is 2.57. The van der Waals surface area contributed by atoms with Crippen LogP contribution in [0.3, 0.4) is 0 Å². The van der Waals surface area contributed by atoms with E-state index in [-0.39, 0.29) is 6.42 Å². The molecule has 0 amide bonds. The van der Waals surface area contributed by atoms with Crippen molar-refractivity contribution < 1.29 is 49.0 Å². The molecule has 0 spiro atoms. The van der Waals surface area contributed by atoms with E-state index >= 15 is 0 Å². The van der Waals surface area contributed by atoms with Gasteiger partial charge in [-0.15, -0.1) is 0 Å². The Balaban J connectivity index is 0. The minimum atomic E-state index is -5.50. The van der Waals surface area contributed by atoms with Crippen molar-refractivity contribution >= 4 is 0 Å². The number of halogens is 10. The highest BCUT2D eigenvalue weighted by molar-refractivity contribution is 4.75. The average molecular weight is 354 g/mol. The molecule has 0 fully saturated rings. The lowest BCUT2D eigenvalue weighted by Gasteiger charge is -2.18. The highest BCUT2D eigenvalue weighted by atomic mass is 19.4. The van der Waals surface area contributed by atoms with Gasteiger partial charge >= 0.3 is 24.2 Å². The highest BCUT2D eigenvalue weighted by Crippen LogP contribution is 2.39. The van der Waals surface area contributed by atoms with Gasteiger partial charge in [-0.3, -0.25) is 0 Å². The van der Waals surface area contributed by atoms with Gasteiger partial charge in [-0.2, -0.15) is 43.9 Å². The maximum absolute atomic E-state index is 12.0. The van der Waals surface area contributed by atoms with E-state index in [0.717, 1.165) is 0 Å². The Labute approximate surface area is 120 Å². The fourth-order valence-corrected chi connectivity index (χ4v) is 0.983. The number of aliphatic hydroxyl groups is 1. The fourth-order valence-electron chi connectivity index (χ4n) is 0.983. The van der Waals surface area contributed by atoms with Crippen molar-refractivity contribution in [2.75, 3.05) is 6.61 Å². The maximum atomic E-state index is 12.0. The van der Waals surface area contributed by atoms with E-state index in [2.05, 4.69) is 0 Å². The third-order valence-corrected chi connectivity index (χ3v) is 2.32. The van der Waals surface area contributed by atoms with Crippen LogP contribution < -0.4 is 0 Å². The second kappa shape index (κ2) is 8.78. The Morgan fingerprint density at radius 1 is 0.636 bits per heavy atom. The molecular weight excluding hydrogens is 338 g/mol. The average Bonchev–Trinajstić information content (AvgIpc) is 2.32. The van der Waals surface area contributed by atoms with Gasteiger partial charge in [0.15, 0.2) is 0 Å². The molecular formula is C11H16F10O. The van der Waals surface area contributed by atoms with Crippen LogP contribution in [0, 0.1) is 0 Å². The Morgan fingerprint density at radius 2 is 0.955 bits per heavy atom. The monoisotopic (exact) mass is 354 g/mol. The fraction of sp³-hybridized carbons (Fsp3) is 1.00. The van der Waals surface area contributed by atoms with Crippen molar-refractivity contribution in [2.24, 2.45) is 0 Å². The van der Waals surface area contributed by atoms with Gasteiger partial charge in [-0.05, 0) is 12.8 Å². The zero-order valence-electron chi connectivity index (χ0n) is 11.5. The summed E-state index contributed by atoms with van der Waals surface area (Å²) in [5.41, 5.74) is 0. The van der Waals surface area contributed by atoms with Crippen LogP contribution in [0.1, 0.15) is 39.0 Å². The first-order valence-electron chi connectivity index (χ1n) is 6.12.